The van der Waals surface area contributed by atoms with Gasteiger partial charge < -0.3 is 14.6 Å². The van der Waals surface area contributed by atoms with E-state index in [1.54, 1.807) is 7.11 Å². The largest absolute Gasteiger partial charge is 0.493 e. The summed E-state index contributed by atoms with van der Waals surface area (Å²) in [6.07, 6.45) is 1.52. The fourth-order valence-electron chi connectivity index (χ4n) is 1.82. The van der Waals surface area contributed by atoms with Gasteiger partial charge >= 0.3 is 0 Å². The first-order valence-electron chi connectivity index (χ1n) is 4.89. The van der Waals surface area contributed by atoms with Crippen LogP contribution in [0.4, 0.5) is 0 Å². The fraction of sp³-hybridized carbons (Fsp3) is 0.455. The third-order valence-corrected chi connectivity index (χ3v) is 3.54. The Balaban J connectivity index is 2.51. The first-order valence-corrected chi connectivity index (χ1v) is 5.69. The molecule has 0 fully saturated rings. The van der Waals surface area contributed by atoms with Crippen molar-refractivity contribution in [1.29, 1.82) is 0 Å². The summed E-state index contributed by atoms with van der Waals surface area (Å²) in [5.41, 5.74) is 2.22. The van der Waals surface area contributed by atoms with Gasteiger partial charge in [0.05, 0.1) is 13.7 Å². The SMILES string of the molecule is COc1cc(CCO)c(Br)c2c1OCC2. The Kier molecular flexibility index (Phi) is 3.17. The van der Waals surface area contributed by atoms with Crippen LogP contribution in [0.15, 0.2) is 10.5 Å². The lowest BCUT2D eigenvalue weighted by molar-refractivity contribution is 0.298. The molecule has 1 aliphatic heterocycles. The summed E-state index contributed by atoms with van der Waals surface area (Å²) in [6.45, 7) is 0.842. The zero-order valence-corrected chi connectivity index (χ0v) is 10.1. The molecule has 0 saturated carbocycles. The molecule has 1 aliphatic rings. The number of halogens is 1. The summed E-state index contributed by atoms with van der Waals surface area (Å²) < 4.78 is 11.8. The van der Waals surface area contributed by atoms with Crippen molar-refractivity contribution in [2.45, 2.75) is 12.8 Å². The molecule has 1 heterocycles. The van der Waals surface area contributed by atoms with Crippen LogP contribution >= 0.6 is 15.9 Å². The maximum Gasteiger partial charge on any atom is 0.165 e. The van der Waals surface area contributed by atoms with Crippen molar-refractivity contribution in [2.24, 2.45) is 0 Å². The number of aliphatic hydroxyl groups is 1. The van der Waals surface area contributed by atoms with Gasteiger partial charge in [-0.2, -0.15) is 0 Å². The number of aliphatic hydroxyl groups excluding tert-OH is 1. The highest BCUT2D eigenvalue weighted by atomic mass is 79.9. The average molecular weight is 273 g/mol. The minimum atomic E-state index is 0.140. The number of benzene rings is 1. The molecule has 1 N–H and O–H groups in total. The van der Waals surface area contributed by atoms with E-state index in [-0.39, 0.29) is 6.61 Å². The second kappa shape index (κ2) is 4.41. The molecule has 4 heteroatoms. The molecule has 0 saturated heterocycles. The van der Waals surface area contributed by atoms with Crippen LogP contribution in [0.3, 0.4) is 0 Å². The second-order valence-corrected chi connectivity index (χ2v) is 4.22. The molecule has 0 atom stereocenters. The molecule has 3 nitrogen and oxygen atoms in total. The third-order valence-electron chi connectivity index (χ3n) is 2.55. The standard InChI is InChI=1S/C11H13BrO3/c1-14-9-6-7(2-4-13)10(12)8-3-5-15-11(8)9/h6,13H,2-5H2,1H3. The molecule has 1 aromatic carbocycles. The Morgan fingerprint density at radius 3 is 3.07 bits per heavy atom. The number of hydrogen-bond acceptors (Lipinski definition) is 3. The van der Waals surface area contributed by atoms with E-state index in [0.29, 0.717) is 13.0 Å². The van der Waals surface area contributed by atoms with Gasteiger partial charge in [-0.25, -0.2) is 0 Å². The van der Waals surface area contributed by atoms with Gasteiger partial charge in [0.15, 0.2) is 11.5 Å². The van der Waals surface area contributed by atoms with Crippen molar-refractivity contribution in [1.82, 2.24) is 0 Å². The minimum Gasteiger partial charge on any atom is -0.493 e. The number of hydrogen-bond donors (Lipinski definition) is 1. The van der Waals surface area contributed by atoms with E-state index in [4.69, 9.17) is 14.6 Å². The maximum absolute atomic E-state index is 8.96. The summed E-state index contributed by atoms with van der Waals surface area (Å²) >= 11 is 3.55. The van der Waals surface area contributed by atoms with Gasteiger partial charge in [-0.3, -0.25) is 0 Å². The van der Waals surface area contributed by atoms with Gasteiger partial charge in [0.1, 0.15) is 0 Å². The van der Waals surface area contributed by atoms with Crippen molar-refractivity contribution in [2.75, 3.05) is 20.3 Å². The number of rotatable bonds is 3. The molecule has 2 rings (SSSR count). The number of methoxy groups -OCH3 is 1. The summed E-state index contributed by atoms with van der Waals surface area (Å²) in [5, 5.41) is 8.96. The molecule has 0 unspecified atom stereocenters. The Morgan fingerprint density at radius 2 is 2.40 bits per heavy atom. The van der Waals surface area contributed by atoms with E-state index in [1.165, 1.54) is 0 Å². The second-order valence-electron chi connectivity index (χ2n) is 3.43. The van der Waals surface area contributed by atoms with Crippen molar-refractivity contribution in [3.05, 3.63) is 21.7 Å². The van der Waals surface area contributed by atoms with Gasteiger partial charge in [-0.05, 0) is 18.1 Å². The Hall–Kier alpha value is -0.740. The van der Waals surface area contributed by atoms with Gasteiger partial charge in [0, 0.05) is 23.1 Å². The number of ether oxygens (including phenoxy) is 2. The normalized spacial score (nSPS) is 13.5. The molecular weight excluding hydrogens is 260 g/mol. The van der Waals surface area contributed by atoms with Crippen LogP contribution < -0.4 is 9.47 Å². The van der Waals surface area contributed by atoms with E-state index in [9.17, 15) is 0 Å². The molecule has 1 aromatic rings. The van der Waals surface area contributed by atoms with Crippen molar-refractivity contribution < 1.29 is 14.6 Å². The third kappa shape index (κ3) is 1.84. The molecule has 0 spiro atoms. The predicted octanol–water partition coefficient (Wildman–Crippen LogP) is 1.93. The van der Waals surface area contributed by atoms with Crippen LogP contribution in [-0.4, -0.2) is 25.4 Å². The van der Waals surface area contributed by atoms with Crippen LogP contribution in [-0.2, 0) is 12.8 Å². The molecule has 0 aliphatic carbocycles. The molecule has 0 bridgehead atoms. The summed E-state index contributed by atoms with van der Waals surface area (Å²) in [4.78, 5) is 0. The lowest BCUT2D eigenvalue weighted by Crippen LogP contribution is -1.97. The molecule has 0 radical (unpaired) electrons. The lowest BCUT2D eigenvalue weighted by atomic mass is 10.1. The highest BCUT2D eigenvalue weighted by Crippen LogP contribution is 2.42. The molecule has 82 valence electrons. The maximum atomic E-state index is 8.96. The van der Waals surface area contributed by atoms with E-state index < -0.39 is 0 Å². The highest BCUT2D eigenvalue weighted by molar-refractivity contribution is 9.10. The summed E-state index contributed by atoms with van der Waals surface area (Å²) in [6, 6.07) is 1.92. The molecular formula is C11H13BrO3. The quantitative estimate of drug-likeness (QED) is 0.914. The lowest BCUT2D eigenvalue weighted by Gasteiger charge is -2.12. The van der Waals surface area contributed by atoms with Crippen LogP contribution in [0, 0.1) is 0 Å². The predicted molar refractivity (Wildman–Crippen MR) is 60.7 cm³/mol. The van der Waals surface area contributed by atoms with Gasteiger partial charge in [0.2, 0.25) is 0 Å². The highest BCUT2D eigenvalue weighted by Gasteiger charge is 2.22. The van der Waals surface area contributed by atoms with Gasteiger partial charge in [-0.1, -0.05) is 15.9 Å². The van der Waals surface area contributed by atoms with Crippen LogP contribution in [0.1, 0.15) is 11.1 Å². The summed E-state index contributed by atoms with van der Waals surface area (Å²) in [7, 11) is 1.63. The van der Waals surface area contributed by atoms with E-state index in [2.05, 4.69) is 15.9 Å². The zero-order valence-electron chi connectivity index (χ0n) is 8.55. The van der Waals surface area contributed by atoms with Crippen LogP contribution in [0.25, 0.3) is 0 Å². The Labute approximate surface area is 97.1 Å². The van der Waals surface area contributed by atoms with Crippen molar-refractivity contribution >= 4 is 15.9 Å². The van der Waals surface area contributed by atoms with Gasteiger partial charge in [0.25, 0.3) is 0 Å². The minimum absolute atomic E-state index is 0.140. The van der Waals surface area contributed by atoms with Gasteiger partial charge in [-0.15, -0.1) is 0 Å². The summed E-state index contributed by atoms with van der Waals surface area (Å²) in [5.74, 6) is 1.60. The molecule has 0 amide bonds. The van der Waals surface area contributed by atoms with E-state index in [1.807, 2.05) is 6.07 Å². The smallest absolute Gasteiger partial charge is 0.165 e. The van der Waals surface area contributed by atoms with Crippen LogP contribution in [0.2, 0.25) is 0 Å². The first kappa shape index (κ1) is 10.8. The van der Waals surface area contributed by atoms with E-state index >= 15 is 0 Å². The van der Waals surface area contributed by atoms with Crippen LogP contribution in [0.5, 0.6) is 11.5 Å². The average Bonchev–Trinajstić information content (AvgIpc) is 2.71. The topological polar surface area (TPSA) is 38.7 Å². The molecule has 15 heavy (non-hydrogen) atoms. The van der Waals surface area contributed by atoms with Crippen molar-refractivity contribution in [3.8, 4) is 11.5 Å². The monoisotopic (exact) mass is 272 g/mol. The number of fused-ring (bicyclic) bond motifs is 1. The van der Waals surface area contributed by atoms with Crippen molar-refractivity contribution in [3.63, 3.8) is 0 Å². The first-order chi connectivity index (χ1) is 7.27. The fourth-order valence-corrected chi connectivity index (χ4v) is 2.51. The zero-order chi connectivity index (χ0) is 10.8. The Bertz CT molecular complexity index is 377. The molecule has 0 aromatic heterocycles. The Morgan fingerprint density at radius 1 is 1.60 bits per heavy atom. The van der Waals surface area contributed by atoms with E-state index in [0.717, 1.165) is 33.5 Å².